The molecular weight excluding hydrogens is 445 g/mol. The summed E-state index contributed by atoms with van der Waals surface area (Å²) in [5, 5.41) is 0. The van der Waals surface area contributed by atoms with Crippen LogP contribution in [-0.2, 0) is 4.74 Å². The van der Waals surface area contributed by atoms with E-state index in [1.54, 1.807) is 13.1 Å². The lowest BCUT2D eigenvalue weighted by Gasteiger charge is -2.33. The fourth-order valence-corrected chi connectivity index (χ4v) is 4.17. The molecule has 0 amide bonds. The van der Waals surface area contributed by atoms with Crippen molar-refractivity contribution in [2.75, 3.05) is 24.6 Å². The Labute approximate surface area is 194 Å². The van der Waals surface area contributed by atoms with Gasteiger partial charge < -0.3 is 9.64 Å². The molecule has 7 nitrogen and oxygen atoms in total. The summed E-state index contributed by atoms with van der Waals surface area (Å²) < 4.78 is 45.9. The molecule has 176 valence electrons. The minimum atomic E-state index is -4.33. The van der Waals surface area contributed by atoms with Gasteiger partial charge in [-0.25, -0.2) is 15.0 Å². The van der Waals surface area contributed by atoms with Crippen LogP contribution in [0.3, 0.4) is 0 Å². The van der Waals surface area contributed by atoms with Gasteiger partial charge in [-0.3, -0.25) is 4.98 Å². The maximum absolute atomic E-state index is 13.3. The Kier molecular flexibility index (Phi) is 5.58. The Bertz CT molecular complexity index is 1330. The molecule has 0 saturated carbocycles. The molecule has 0 radical (unpaired) electrons. The van der Waals surface area contributed by atoms with Gasteiger partial charge in [0.2, 0.25) is 5.95 Å². The largest absolute Gasteiger partial charge is 0.396 e. The summed E-state index contributed by atoms with van der Waals surface area (Å²) in [7, 11) is 0. The van der Waals surface area contributed by atoms with Gasteiger partial charge in [0, 0.05) is 24.0 Å². The number of hydrogen-bond donors (Lipinski definition) is 0. The number of hydrogen-bond acceptors (Lipinski definition) is 7. The first kappa shape index (κ1) is 22.4. The highest BCUT2D eigenvalue weighted by molar-refractivity contribution is 5.86. The number of ether oxygens (including phenoxy) is 1. The van der Waals surface area contributed by atoms with Crippen molar-refractivity contribution in [1.29, 1.82) is 0 Å². The number of allylic oxidation sites excluding steroid dienone is 1. The predicted molar refractivity (Wildman–Crippen MR) is 120 cm³/mol. The Morgan fingerprint density at radius 2 is 1.88 bits per heavy atom. The lowest BCUT2D eigenvalue weighted by atomic mass is 10.0. The number of halogens is 3. The first-order valence-corrected chi connectivity index (χ1v) is 11.0. The summed E-state index contributed by atoms with van der Waals surface area (Å²) >= 11 is 0. The molecule has 0 bridgehead atoms. The Morgan fingerprint density at radius 3 is 2.62 bits per heavy atom. The lowest BCUT2D eigenvalue weighted by Crippen LogP contribution is -2.39. The normalized spacial score (nSPS) is 20.8. The van der Waals surface area contributed by atoms with E-state index in [9.17, 15) is 13.2 Å². The fourth-order valence-electron chi connectivity index (χ4n) is 4.17. The van der Waals surface area contributed by atoms with Crippen LogP contribution in [0.1, 0.15) is 40.9 Å². The number of aromatic nitrogens is 5. The van der Waals surface area contributed by atoms with Crippen LogP contribution in [0.5, 0.6) is 0 Å². The quantitative estimate of drug-likeness (QED) is 0.526. The minimum absolute atomic E-state index is 0.204. The predicted octanol–water partition coefficient (Wildman–Crippen LogP) is 4.44. The first-order chi connectivity index (χ1) is 16.2. The van der Waals surface area contributed by atoms with E-state index in [1.165, 1.54) is 0 Å². The Morgan fingerprint density at radius 1 is 1.09 bits per heavy atom. The van der Waals surface area contributed by atoms with Crippen LogP contribution in [0, 0.1) is 26.7 Å². The molecule has 0 spiro atoms. The van der Waals surface area contributed by atoms with Gasteiger partial charge in [0.1, 0.15) is 17.3 Å². The number of anilines is 1. The van der Waals surface area contributed by atoms with Crippen molar-refractivity contribution < 1.29 is 17.9 Å². The molecule has 0 N–H and O–H groups in total. The zero-order chi connectivity index (χ0) is 24.0. The van der Waals surface area contributed by atoms with Crippen molar-refractivity contribution in [3.8, 4) is 0 Å². The summed E-state index contributed by atoms with van der Waals surface area (Å²) in [4.78, 5) is 24.7. The van der Waals surface area contributed by atoms with Crippen LogP contribution in [0.4, 0.5) is 19.1 Å². The van der Waals surface area contributed by atoms with Gasteiger partial charge in [-0.15, -0.1) is 5.73 Å². The number of nitrogens with zero attached hydrogens (tertiary/aromatic N) is 6. The van der Waals surface area contributed by atoms with Crippen LogP contribution in [-0.4, -0.2) is 50.8 Å². The van der Waals surface area contributed by atoms with E-state index in [0.717, 1.165) is 17.3 Å². The molecule has 0 unspecified atom stereocenters. The van der Waals surface area contributed by atoms with E-state index in [2.05, 4.69) is 25.7 Å². The van der Waals surface area contributed by atoms with Gasteiger partial charge >= 0.3 is 6.18 Å². The van der Waals surface area contributed by atoms with Crippen molar-refractivity contribution >= 4 is 22.7 Å². The Balaban J connectivity index is 1.54. The van der Waals surface area contributed by atoms with Gasteiger partial charge in [0.05, 0.1) is 30.5 Å². The first-order valence-electron chi connectivity index (χ1n) is 11.0. The SMILES string of the molecule is Cc1cc([C@H]2CN(c3nc(C4=C=C[C@H](C(F)(F)F)C4)c4nc(C)c(C)nc4n3)CCO2)ccn1. The van der Waals surface area contributed by atoms with Gasteiger partial charge in [-0.1, -0.05) is 0 Å². The highest BCUT2D eigenvalue weighted by atomic mass is 19.4. The number of rotatable bonds is 3. The zero-order valence-corrected chi connectivity index (χ0v) is 19.0. The minimum Gasteiger partial charge on any atom is -0.370 e. The van der Waals surface area contributed by atoms with Gasteiger partial charge in [0.15, 0.2) is 5.65 Å². The lowest BCUT2D eigenvalue weighted by molar-refractivity contribution is -0.158. The maximum atomic E-state index is 13.3. The zero-order valence-electron chi connectivity index (χ0n) is 19.0. The van der Waals surface area contributed by atoms with E-state index in [-0.39, 0.29) is 12.5 Å². The standard InChI is InChI=1S/C24H23F3N6O/c1-13-10-16(6-7-28-13)19-12-33(8-9-34-19)23-31-20(17-4-5-18(11-17)24(25,26)27)21-22(32-23)30-15(3)14(2)29-21/h5-7,10,18-19H,8-9,11-12H2,1-3H3/t18-,19+/m0/s1. The monoisotopic (exact) mass is 468 g/mol. The second-order valence-corrected chi connectivity index (χ2v) is 8.62. The second-order valence-electron chi connectivity index (χ2n) is 8.62. The molecular formula is C24H23F3N6O. The van der Waals surface area contributed by atoms with E-state index in [4.69, 9.17) is 9.72 Å². The number of aryl methyl sites for hydroxylation is 3. The fraction of sp³-hybridized carbons (Fsp3) is 0.417. The van der Waals surface area contributed by atoms with E-state index in [0.29, 0.717) is 59.5 Å². The highest BCUT2D eigenvalue weighted by Crippen LogP contribution is 2.39. The van der Waals surface area contributed by atoms with Crippen LogP contribution < -0.4 is 4.90 Å². The summed E-state index contributed by atoms with van der Waals surface area (Å²) in [5.74, 6) is -1.19. The molecule has 0 aromatic carbocycles. The average molecular weight is 468 g/mol. The third-order valence-electron chi connectivity index (χ3n) is 6.16. The van der Waals surface area contributed by atoms with Gasteiger partial charge in [0.25, 0.3) is 0 Å². The molecule has 1 saturated heterocycles. The molecule has 1 aliphatic carbocycles. The Hall–Kier alpha value is -3.36. The van der Waals surface area contributed by atoms with Crippen LogP contribution >= 0.6 is 0 Å². The smallest absolute Gasteiger partial charge is 0.370 e. The summed E-state index contributed by atoms with van der Waals surface area (Å²) in [6.45, 7) is 7.05. The maximum Gasteiger partial charge on any atom is 0.396 e. The van der Waals surface area contributed by atoms with Crippen molar-refractivity contribution in [1.82, 2.24) is 24.9 Å². The van der Waals surface area contributed by atoms with E-state index in [1.807, 2.05) is 30.9 Å². The molecule has 2 aliphatic rings. The third-order valence-corrected chi connectivity index (χ3v) is 6.16. The van der Waals surface area contributed by atoms with E-state index < -0.39 is 12.1 Å². The van der Waals surface area contributed by atoms with Crippen molar-refractivity contribution in [2.24, 2.45) is 5.92 Å². The molecule has 34 heavy (non-hydrogen) atoms. The summed E-state index contributed by atoms with van der Waals surface area (Å²) in [5.41, 5.74) is 7.53. The molecule has 3 aromatic rings. The van der Waals surface area contributed by atoms with Crippen molar-refractivity contribution in [2.45, 2.75) is 39.5 Å². The van der Waals surface area contributed by atoms with Crippen LogP contribution in [0.25, 0.3) is 16.7 Å². The second kappa shape index (κ2) is 8.45. The molecule has 10 heteroatoms. The van der Waals surface area contributed by atoms with Gasteiger partial charge in [-0.05, 0) is 51.0 Å². The van der Waals surface area contributed by atoms with Crippen molar-refractivity contribution in [3.63, 3.8) is 0 Å². The molecule has 4 heterocycles. The molecule has 1 aliphatic heterocycles. The molecule has 5 rings (SSSR count). The topological polar surface area (TPSA) is 76.9 Å². The number of alkyl halides is 3. The summed E-state index contributed by atoms with van der Waals surface area (Å²) in [6.07, 6.45) is -1.96. The molecule has 2 atom stereocenters. The number of morpholine rings is 1. The molecule has 3 aromatic heterocycles. The average Bonchev–Trinajstić information content (AvgIpc) is 3.30. The van der Waals surface area contributed by atoms with E-state index >= 15 is 0 Å². The van der Waals surface area contributed by atoms with Crippen molar-refractivity contribution in [3.05, 3.63) is 58.5 Å². The number of pyridine rings is 1. The molecule has 1 fully saturated rings. The van der Waals surface area contributed by atoms with Gasteiger partial charge in [-0.2, -0.15) is 18.2 Å². The van der Waals surface area contributed by atoms with Crippen LogP contribution in [0.2, 0.25) is 0 Å². The highest BCUT2D eigenvalue weighted by Gasteiger charge is 2.41. The third kappa shape index (κ3) is 4.26. The number of fused-ring (bicyclic) bond motifs is 1. The summed E-state index contributed by atoms with van der Waals surface area (Å²) in [6, 6.07) is 3.89. The van der Waals surface area contributed by atoms with Crippen LogP contribution in [0.15, 0.2) is 30.1 Å².